The Balaban J connectivity index is 0.729. The standard InChI is InChI=1S/C53H67N13O19P2S2/c1-28(2)42(60-37(67)9-5-4-6-18-65-39(68)14-15-40(65)69)49(74)58-29(3)47(72)59-32-12-10-30(11-13-32)23-79-53(76)55-22-41(70)64-19-7-8-34(64)48(73)62-52-61-46-43(50(75)63-52)57-27-66(46)51-45-44(71)36(83-51)25-81-86(77,88)84-35-21-33(82-38-16-17-54-26-56-38)20-31(35)24-80-87(78,89)85-45/h10-17,26-29,31,33-36,42,44-45,51,71H,4-9,18-25H2,1-3H3,(H,55,76)(H,58,74)(H,59,72)(H,60,67)(H,77,88)(H,78,89)(H2,61,62,63,73,75)/t29-,31+,33+,34+,35-,36+,42-,44+,45+,51+,86?,87?/m0/s1. The van der Waals surface area contributed by atoms with Crippen molar-refractivity contribution in [3.8, 4) is 5.88 Å². The number of nitrogens with one attached hydrogen (secondary N) is 6. The predicted octanol–water partition coefficient (Wildman–Crippen LogP) is 2.02. The molecule has 1 aliphatic carbocycles. The van der Waals surface area contributed by atoms with E-state index in [1.165, 1.54) is 41.1 Å². The number of benzene rings is 1. The van der Waals surface area contributed by atoms with Crippen molar-refractivity contribution in [3.63, 3.8) is 0 Å². The van der Waals surface area contributed by atoms with Crippen LogP contribution in [0.25, 0.3) is 11.2 Å². The smallest absolute Gasteiger partial charge is 0.407 e. The SMILES string of the molecule is CC(C)[C@H](NC(=O)CCCCCN1C(=O)C=CC1=O)C(=O)N[C@@H](C)C(=O)Nc1ccc(COC(=O)NCC(=O)N2CCC[C@@H]2C(=O)Nc2nc3c(ncn3[C@@H]3O[C@@H]4COP(O)(=S)O[C@H]5C[C@H](Oc6ccncn6)C[C@@H]5COP(=O)(S)O[C@@H]3[C@@H]4O)c(=O)[nH]2)cc1. The second-order valence-corrected chi connectivity index (χ2v) is 27.6. The number of imidazole rings is 1. The molecule has 1 aromatic carbocycles. The molecule has 480 valence electrons. The molecule has 32 nitrogen and oxygen atoms in total. The molecule has 4 fully saturated rings. The fourth-order valence-electron chi connectivity index (χ4n) is 10.5. The number of imide groups is 1. The third-order valence-corrected chi connectivity index (χ3v) is 18.3. The molecule has 8 amide bonds. The third kappa shape index (κ3) is 17.2. The van der Waals surface area contributed by atoms with Gasteiger partial charge in [0, 0.05) is 62.0 Å². The summed E-state index contributed by atoms with van der Waals surface area (Å²) in [6.07, 6.45) is 0.991. The summed E-state index contributed by atoms with van der Waals surface area (Å²) >= 11 is 9.57. The van der Waals surface area contributed by atoms with Crippen LogP contribution in [0.2, 0.25) is 0 Å². The lowest BCUT2D eigenvalue weighted by atomic mass is 10.0. The number of hydrogen-bond donors (Lipinski definition) is 9. The van der Waals surface area contributed by atoms with Crippen LogP contribution in [0.15, 0.2) is 66.1 Å². The van der Waals surface area contributed by atoms with E-state index in [0.717, 1.165) is 11.2 Å². The zero-order valence-corrected chi connectivity index (χ0v) is 51.7. The Labute approximate surface area is 518 Å². The van der Waals surface area contributed by atoms with Crippen LogP contribution in [0.1, 0.15) is 83.9 Å². The van der Waals surface area contributed by atoms with Crippen molar-refractivity contribution in [2.45, 2.75) is 134 Å². The highest BCUT2D eigenvalue weighted by Gasteiger charge is 2.51. The van der Waals surface area contributed by atoms with Crippen LogP contribution in [0.3, 0.4) is 0 Å². The minimum atomic E-state index is -4.38. The number of carbonyl (C=O) groups is 8. The van der Waals surface area contributed by atoms with Gasteiger partial charge in [-0.3, -0.25) is 62.6 Å². The first kappa shape index (κ1) is 66.3. The molecule has 4 aromatic rings. The van der Waals surface area contributed by atoms with Gasteiger partial charge in [-0.2, -0.15) is 4.98 Å². The number of unbranched alkanes of at least 4 members (excludes halogenated alkanes) is 2. The largest absolute Gasteiger partial charge is 0.474 e. The highest BCUT2D eigenvalue weighted by Crippen LogP contribution is 2.59. The van der Waals surface area contributed by atoms with Crippen molar-refractivity contribution >= 4 is 108 Å². The molecule has 0 spiro atoms. The van der Waals surface area contributed by atoms with E-state index in [0.29, 0.717) is 42.8 Å². The van der Waals surface area contributed by atoms with E-state index in [-0.39, 0.29) is 92.7 Å². The van der Waals surface area contributed by atoms with Gasteiger partial charge in [0.1, 0.15) is 62.0 Å². The van der Waals surface area contributed by atoms with Crippen LogP contribution in [0, 0.1) is 11.8 Å². The normalized spacial score (nSPS) is 26.8. The molecule has 1 saturated carbocycles. The van der Waals surface area contributed by atoms with E-state index in [1.807, 2.05) is 0 Å². The number of rotatable bonds is 21. The van der Waals surface area contributed by atoms with Gasteiger partial charge in [0.05, 0.1) is 25.6 Å². The summed E-state index contributed by atoms with van der Waals surface area (Å²) in [4.78, 5) is 149. The molecule has 2 unspecified atom stereocenters. The van der Waals surface area contributed by atoms with Crippen LogP contribution in [-0.4, -0.2) is 178 Å². The fourth-order valence-corrected chi connectivity index (χ4v) is 13.5. The average molecular weight is 1320 g/mol. The van der Waals surface area contributed by atoms with Gasteiger partial charge in [-0.1, -0.05) is 44.6 Å². The number of thiol groups is 1. The number of aromatic nitrogens is 6. The molecule has 89 heavy (non-hydrogen) atoms. The number of ether oxygens (including phenoxy) is 3. The second kappa shape index (κ2) is 29.2. The number of nitrogens with zero attached hydrogens (tertiary/aromatic N) is 7. The molecule has 0 radical (unpaired) electrons. The molecule has 8 N–H and O–H groups in total. The van der Waals surface area contributed by atoms with Gasteiger partial charge in [-0.05, 0) is 74.4 Å². The van der Waals surface area contributed by atoms with Crippen molar-refractivity contribution < 1.29 is 85.2 Å². The molecular weight excluding hydrogens is 1250 g/mol. The lowest BCUT2D eigenvalue weighted by Gasteiger charge is -2.27. The monoisotopic (exact) mass is 1320 g/mol. The molecule has 5 aliphatic rings. The van der Waals surface area contributed by atoms with Crippen LogP contribution in [-0.2, 0) is 84.1 Å². The number of aliphatic hydroxyl groups is 1. The van der Waals surface area contributed by atoms with Crippen LogP contribution in [0.5, 0.6) is 5.88 Å². The molecule has 36 heteroatoms. The number of hydrogen-bond acceptors (Lipinski definition) is 23. The van der Waals surface area contributed by atoms with E-state index in [9.17, 15) is 57.7 Å². The lowest BCUT2D eigenvalue weighted by molar-refractivity contribution is -0.137. The number of likely N-dealkylation sites (tertiary alicyclic amines) is 1. The Hall–Kier alpha value is -7.10. The van der Waals surface area contributed by atoms with Gasteiger partial charge in [0.15, 0.2) is 17.4 Å². The summed E-state index contributed by atoms with van der Waals surface area (Å²) in [5.74, 6) is -4.51. The van der Waals surface area contributed by atoms with E-state index < -0.39 is 123 Å². The Morgan fingerprint density at radius 3 is 2.42 bits per heavy atom. The zero-order chi connectivity index (χ0) is 63.7. The van der Waals surface area contributed by atoms with Gasteiger partial charge in [-0.15, -0.1) is 0 Å². The van der Waals surface area contributed by atoms with E-state index >= 15 is 0 Å². The second-order valence-electron chi connectivity index (χ2n) is 21.9. The maximum Gasteiger partial charge on any atom is 0.407 e. The molecule has 12 atom stereocenters. The first-order valence-corrected chi connectivity index (χ1v) is 33.8. The number of aliphatic hydroxyl groups excluding tert-OH is 1. The maximum absolute atomic E-state index is 13.9. The highest BCUT2D eigenvalue weighted by atomic mass is 32.7. The summed E-state index contributed by atoms with van der Waals surface area (Å²) in [5.41, 5.74) is -0.375. The minimum Gasteiger partial charge on any atom is -0.474 e. The molecule has 7 heterocycles. The Morgan fingerprint density at radius 1 is 0.921 bits per heavy atom. The first-order valence-electron chi connectivity index (χ1n) is 28.5. The molecule has 2 bridgehead atoms. The summed E-state index contributed by atoms with van der Waals surface area (Å²) in [7, 11) is 0. The summed E-state index contributed by atoms with van der Waals surface area (Å²) in [6.45, 7) is -4.65. The summed E-state index contributed by atoms with van der Waals surface area (Å²) in [5, 5.41) is 24.5. The van der Waals surface area contributed by atoms with Gasteiger partial charge in [-0.25, -0.2) is 24.3 Å². The quantitative estimate of drug-likeness (QED) is 0.0249. The van der Waals surface area contributed by atoms with Gasteiger partial charge < -0.3 is 63.9 Å². The summed E-state index contributed by atoms with van der Waals surface area (Å²) < 4.78 is 55.8. The molecule has 4 aliphatic heterocycles. The van der Waals surface area contributed by atoms with E-state index in [4.69, 9.17) is 44.1 Å². The Kier molecular flexibility index (Phi) is 21.8. The number of fused-ring (bicyclic) bond motifs is 4. The van der Waals surface area contributed by atoms with Crippen LogP contribution in [0.4, 0.5) is 16.4 Å². The molecule has 3 saturated heterocycles. The number of aromatic amines is 1. The number of alkyl carbamates (subject to hydrolysis) is 1. The molecule has 3 aromatic heterocycles. The fraction of sp³-hybridized carbons (Fsp3) is 0.528. The topological polar surface area (TPSA) is 415 Å². The number of H-pyrrole nitrogens is 1. The van der Waals surface area contributed by atoms with Crippen molar-refractivity contribution in [3.05, 3.63) is 77.3 Å². The van der Waals surface area contributed by atoms with Crippen molar-refractivity contribution in [1.29, 1.82) is 0 Å². The van der Waals surface area contributed by atoms with Crippen LogP contribution >= 0.6 is 25.8 Å². The van der Waals surface area contributed by atoms with E-state index in [2.05, 4.69) is 63.8 Å². The van der Waals surface area contributed by atoms with Gasteiger partial charge in [0.25, 0.3) is 17.4 Å². The summed E-state index contributed by atoms with van der Waals surface area (Å²) in [6, 6.07) is 4.83. The van der Waals surface area contributed by atoms with E-state index in [1.54, 1.807) is 44.2 Å². The number of anilines is 2. The number of carbonyl (C=O) groups excluding carboxylic acids is 8. The van der Waals surface area contributed by atoms with Gasteiger partial charge in [0.2, 0.25) is 41.4 Å². The highest BCUT2D eigenvalue weighted by molar-refractivity contribution is 8.44. The number of amides is 8. The maximum atomic E-state index is 13.9. The lowest BCUT2D eigenvalue weighted by Crippen LogP contribution is -2.53. The first-order chi connectivity index (χ1) is 42.4. The van der Waals surface area contributed by atoms with Gasteiger partial charge >= 0.3 is 19.6 Å². The molecular formula is C53H67N13O19P2S2. The Morgan fingerprint density at radius 2 is 1.69 bits per heavy atom. The van der Waals surface area contributed by atoms with Crippen molar-refractivity contribution in [2.75, 3.05) is 43.5 Å². The third-order valence-electron chi connectivity index (χ3n) is 15.1. The van der Waals surface area contributed by atoms with Crippen molar-refractivity contribution in [1.82, 2.24) is 55.2 Å². The molecule has 9 rings (SSSR count). The minimum absolute atomic E-state index is 0.120. The zero-order valence-electron chi connectivity index (χ0n) is 48.2. The Bertz CT molecular complexity index is 3470. The predicted molar refractivity (Wildman–Crippen MR) is 317 cm³/mol. The van der Waals surface area contributed by atoms with Crippen molar-refractivity contribution in [2.24, 2.45) is 11.8 Å². The van der Waals surface area contributed by atoms with Crippen LogP contribution < -0.4 is 36.9 Å². The average Bonchev–Trinajstić information content (AvgIpc) is 1.71.